The molecule has 0 bridgehead atoms. The first-order valence-electron chi connectivity index (χ1n) is 10.8. The molecule has 0 spiro atoms. The van der Waals surface area contributed by atoms with Crippen molar-refractivity contribution >= 4 is 23.4 Å². The van der Waals surface area contributed by atoms with Crippen LogP contribution in [-0.2, 0) is 22.7 Å². The van der Waals surface area contributed by atoms with Gasteiger partial charge in [0.25, 0.3) is 5.91 Å². The van der Waals surface area contributed by atoms with E-state index in [-0.39, 0.29) is 31.2 Å². The topological polar surface area (TPSA) is 85.9 Å². The van der Waals surface area contributed by atoms with Gasteiger partial charge in [-0.1, -0.05) is 6.07 Å². The van der Waals surface area contributed by atoms with Crippen LogP contribution in [0.3, 0.4) is 0 Å². The number of hydrogen-bond donors (Lipinski definition) is 1. The van der Waals surface area contributed by atoms with Crippen LogP contribution in [0.25, 0.3) is 0 Å². The smallest absolute Gasteiger partial charge is 0.255 e. The Morgan fingerprint density at radius 2 is 1.91 bits per heavy atom. The van der Waals surface area contributed by atoms with Crippen molar-refractivity contribution in [2.75, 3.05) is 31.1 Å². The number of hydrogen-bond acceptors (Lipinski definition) is 6. The number of benzene rings is 1. The van der Waals surface area contributed by atoms with Crippen LogP contribution in [0.1, 0.15) is 34.5 Å². The van der Waals surface area contributed by atoms with Gasteiger partial charge in [-0.25, -0.2) is 4.39 Å². The molecule has 3 amide bonds. The minimum atomic E-state index is -0.700. The molecular weight excluding hydrogens is 413 g/mol. The molecule has 2 aromatic rings. The Bertz CT molecular complexity index is 1070. The Labute approximate surface area is 185 Å². The normalized spacial score (nSPS) is 21.7. The van der Waals surface area contributed by atoms with E-state index < -0.39 is 17.8 Å². The minimum Gasteiger partial charge on any atom is -0.367 e. The fourth-order valence-corrected chi connectivity index (χ4v) is 4.69. The van der Waals surface area contributed by atoms with E-state index >= 15 is 0 Å². The summed E-state index contributed by atoms with van der Waals surface area (Å²) in [4.78, 5) is 46.6. The van der Waals surface area contributed by atoms with E-state index in [4.69, 9.17) is 0 Å². The number of imide groups is 1. The standard InChI is InChI=1S/C23H24FN5O3/c24-18-12-17-15(13-29(23(17)32)19-4-5-21(30)26-22(19)31)11-20(18)28-9-7-27(8-10-28)14-16-3-1-2-6-25-16/h1-3,6,11-12,19H,4-5,7-10,13-14H2,(H,26,30,31). The van der Waals surface area contributed by atoms with Gasteiger partial charge in [-0.3, -0.25) is 29.6 Å². The number of pyridine rings is 1. The number of nitrogens with one attached hydrogen (secondary N) is 1. The Kier molecular flexibility index (Phi) is 5.34. The number of fused-ring (bicyclic) bond motifs is 1. The summed E-state index contributed by atoms with van der Waals surface area (Å²) in [5, 5.41) is 2.29. The highest BCUT2D eigenvalue weighted by Crippen LogP contribution is 2.33. The first kappa shape index (κ1) is 20.6. The first-order chi connectivity index (χ1) is 15.5. The molecule has 2 saturated heterocycles. The summed E-state index contributed by atoms with van der Waals surface area (Å²) >= 11 is 0. The molecule has 1 unspecified atom stereocenters. The number of carbonyl (C=O) groups is 3. The van der Waals surface area contributed by atoms with Crippen LogP contribution >= 0.6 is 0 Å². The summed E-state index contributed by atoms with van der Waals surface area (Å²) in [6.07, 6.45) is 2.27. The molecule has 5 rings (SSSR count). The van der Waals surface area contributed by atoms with Gasteiger partial charge in [0.15, 0.2) is 0 Å². The van der Waals surface area contributed by atoms with Crippen molar-refractivity contribution in [3.05, 3.63) is 59.2 Å². The van der Waals surface area contributed by atoms with Crippen LogP contribution in [0, 0.1) is 5.82 Å². The Morgan fingerprint density at radius 1 is 1.09 bits per heavy atom. The third kappa shape index (κ3) is 3.84. The number of nitrogens with zero attached hydrogens (tertiary/aromatic N) is 4. The molecule has 3 aliphatic heterocycles. The monoisotopic (exact) mass is 437 g/mol. The summed E-state index contributed by atoms with van der Waals surface area (Å²) in [5.74, 6) is -1.58. The van der Waals surface area contributed by atoms with Crippen LogP contribution in [0.4, 0.5) is 10.1 Å². The maximum Gasteiger partial charge on any atom is 0.255 e. The minimum absolute atomic E-state index is 0.193. The molecule has 0 aliphatic carbocycles. The summed E-state index contributed by atoms with van der Waals surface area (Å²) < 4.78 is 15.0. The highest BCUT2D eigenvalue weighted by molar-refractivity contribution is 6.05. The summed E-state index contributed by atoms with van der Waals surface area (Å²) in [7, 11) is 0. The van der Waals surface area contributed by atoms with E-state index in [1.54, 1.807) is 12.3 Å². The third-order valence-corrected chi connectivity index (χ3v) is 6.42. The van der Waals surface area contributed by atoms with E-state index in [2.05, 4.69) is 15.2 Å². The summed E-state index contributed by atoms with van der Waals surface area (Å²) in [5.41, 5.74) is 2.51. The number of carbonyl (C=O) groups excluding carboxylic acids is 3. The van der Waals surface area contributed by atoms with Gasteiger partial charge in [-0.2, -0.15) is 0 Å². The zero-order chi connectivity index (χ0) is 22.2. The molecule has 0 saturated carbocycles. The lowest BCUT2D eigenvalue weighted by atomic mass is 10.0. The van der Waals surface area contributed by atoms with Crippen LogP contribution in [0.2, 0.25) is 0 Å². The molecule has 1 aromatic carbocycles. The van der Waals surface area contributed by atoms with Gasteiger partial charge < -0.3 is 9.80 Å². The van der Waals surface area contributed by atoms with Crippen LogP contribution in [0.5, 0.6) is 0 Å². The fraction of sp³-hybridized carbons (Fsp3) is 0.391. The van der Waals surface area contributed by atoms with Crippen molar-refractivity contribution < 1.29 is 18.8 Å². The van der Waals surface area contributed by atoms with E-state index in [0.29, 0.717) is 29.9 Å². The van der Waals surface area contributed by atoms with Gasteiger partial charge in [0, 0.05) is 57.4 Å². The van der Waals surface area contributed by atoms with Gasteiger partial charge in [-0.15, -0.1) is 0 Å². The molecule has 2 fully saturated rings. The van der Waals surface area contributed by atoms with Crippen molar-refractivity contribution in [2.24, 2.45) is 0 Å². The molecule has 166 valence electrons. The molecule has 8 nitrogen and oxygen atoms in total. The Morgan fingerprint density at radius 3 is 2.62 bits per heavy atom. The number of piperidine rings is 1. The number of halogens is 1. The first-order valence-corrected chi connectivity index (χ1v) is 10.8. The van der Waals surface area contributed by atoms with E-state index in [0.717, 1.165) is 25.3 Å². The number of aromatic nitrogens is 1. The Balaban J connectivity index is 1.28. The number of rotatable bonds is 4. The lowest BCUT2D eigenvalue weighted by molar-refractivity contribution is -0.136. The molecule has 3 aliphatic rings. The van der Waals surface area contributed by atoms with Crippen molar-refractivity contribution in [3.63, 3.8) is 0 Å². The Hall–Kier alpha value is -3.33. The largest absolute Gasteiger partial charge is 0.367 e. The number of piperazine rings is 1. The van der Waals surface area contributed by atoms with Crippen molar-refractivity contribution in [2.45, 2.75) is 32.0 Å². The second-order valence-electron chi connectivity index (χ2n) is 8.44. The fourth-order valence-electron chi connectivity index (χ4n) is 4.69. The zero-order valence-corrected chi connectivity index (χ0v) is 17.6. The van der Waals surface area contributed by atoms with Crippen LogP contribution < -0.4 is 10.2 Å². The predicted molar refractivity (Wildman–Crippen MR) is 114 cm³/mol. The second kappa shape index (κ2) is 8.31. The van der Waals surface area contributed by atoms with Gasteiger partial charge in [0.1, 0.15) is 11.9 Å². The summed E-state index contributed by atoms with van der Waals surface area (Å²) in [6.45, 7) is 3.92. The molecule has 32 heavy (non-hydrogen) atoms. The second-order valence-corrected chi connectivity index (χ2v) is 8.44. The maximum absolute atomic E-state index is 15.0. The van der Waals surface area contributed by atoms with Gasteiger partial charge in [-0.05, 0) is 36.2 Å². The highest BCUT2D eigenvalue weighted by Gasteiger charge is 2.39. The average Bonchev–Trinajstić information content (AvgIpc) is 3.10. The lowest BCUT2D eigenvalue weighted by Crippen LogP contribution is -2.52. The molecule has 0 radical (unpaired) electrons. The maximum atomic E-state index is 15.0. The van der Waals surface area contributed by atoms with Crippen molar-refractivity contribution in [3.8, 4) is 0 Å². The SMILES string of the molecule is O=C1CCC(N2Cc3cc(N4CCN(Cc5ccccn5)CC4)c(F)cc3C2=O)C(=O)N1. The van der Waals surface area contributed by atoms with Crippen LogP contribution in [-0.4, -0.2) is 64.7 Å². The van der Waals surface area contributed by atoms with Gasteiger partial charge in [0.05, 0.1) is 11.4 Å². The highest BCUT2D eigenvalue weighted by atomic mass is 19.1. The predicted octanol–water partition coefficient (Wildman–Crippen LogP) is 1.30. The molecule has 1 N–H and O–H groups in total. The number of amides is 3. The van der Waals surface area contributed by atoms with E-state index in [1.165, 1.54) is 11.0 Å². The van der Waals surface area contributed by atoms with E-state index in [1.807, 2.05) is 23.1 Å². The van der Waals surface area contributed by atoms with Crippen molar-refractivity contribution in [1.29, 1.82) is 0 Å². The quantitative estimate of drug-likeness (QED) is 0.726. The number of anilines is 1. The van der Waals surface area contributed by atoms with Crippen LogP contribution in [0.15, 0.2) is 36.5 Å². The average molecular weight is 437 g/mol. The molecule has 1 atom stereocenters. The molecule has 1 aromatic heterocycles. The zero-order valence-electron chi connectivity index (χ0n) is 17.6. The third-order valence-electron chi connectivity index (χ3n) is 6.42. The van der Waals surface area contributed by atoms with Crippen molar-refractivity contribution in [1.82, 2.24) is 20.1 Å². The van der Waals surface area contributed by atoms with Gasteiger partial charge in [0.2, 0.25) is 11.8 Å². The van der Waals surface area contributed by atoms with Gasteiger partial charge >= 0.3 is 0 Å². The molecule has 4 heterocycles. The van der Waals surface area contributed by atoms with E-state index in [9.17, 15) is 18.8 Å². The molecule has 9 heteroatoms. The molecular formula is C23H24FN5O3. The summed E-state index contributed by atoms with van der Waals surface area (Å²) in [6, 6.07) is 8.19. The lowest BCUT2D eigenvalue weighted by Gasteiger charge is -2.36.